The SMILES string of the molecule is CCOc1ccc(NC(=O)C2(c3ccc(F)cc3)CCOCC2)c(C)n1. The Kier molecular flexibility index (Phi) is 5.52. The lowest BCUT2D eigenvalue weighted by molar-refractivity contribution is -0.125. The molecule has 2 heterocycles. The molecule has 0 bridgehead atoms. The molecule has 0 atom stereocenters. The number of anilines is 1. The summed E-state index contributed by atoms with van der Waals surface area (Å²) in [6, 6.07) is 9.68. The van der Waals surface area contributed by atoms with Crippen molar-refractivity contribution in [2.45, 2.75) is 32.1 Å². The molecule has 1 fully saturated rings. The van der Waals surface area contributed by atoms with Crippen LogP contribution in [-0.4, -0.2) is 30.7 Å². The van der Waals surface area contributed by atoms with Gasteiger partial charge in [-0.3, -0.25) is 4.79 Å². The Hall–Kier alpha value is -2.47. The highest BCUT2D eigenvalue weighted by Gasteiger charge is 2.41. The maximum absolute atomic E-state index is 13.3. The first kappa shape index (κ1) is 18.3. The van der Waals surface area contributed by atoms with E-state index in [0.717, 1.165) is 5.56 Å². The van der Waals surface area contributed by atoms with Gasteiger partial charge in [-0.1, -0.05) is 12.1 Å². The molecule has 0 spiro atoms. The molecular weight excluding hydrogens is 335 g/mol. The number of rotatable bonds is 5. The summed E-state index contributed by atoms with van der Waals surface area (Å²) in [6.07, 6.45) is 1.10. The third-order valence-electron chi connectivity index (χ3n) is 4.78. The zero-order valence-electron chi connectivity index (χ0n) is 15.0. The van der Waals surface area contributed by atoms with Gasteiger partial charge in [-0.15, -0.1) is 0 Å². The highest BCUT2D eigenvalue weighted by Crippen LogP contribution is 2.36. The topological polar surface area (TPSA) is 60.5 Å². The lowest BCUT2D eigenvalue weighted by atomic mass is 9.73. The molecular formula is C20H23FN2O3. The molecule has 2 aromatic rings. The van der Waals surface area contributed by atoms with Gasteiger partial charge in [0.25, 0.3) is 0 Å². The van der Waals surface area contributed by atoms with Gasteiger partial charge in [0.2, 0.25) is 11.8 Å². The predicted molar refractivity (Wildman–Crippen MR) is 96.9 cm³/mol. The predicted octanol–water partition coefficient (Wildman–Crippen LogP) is 3.61. The summed E-state index contributed by atoms with van der Waals surface area (Å²) in [5, 5.41) is 3.00. The van der Waals surface area contributed by atoms with Gasteiger partial charge in [0.05, 0.1) is 23.4 Å². The maximum Gasteiger partial charge on any atom is 0.235 e. The maximum atomic E-state index is 13.3. The Morgan fingerprint density at radius 3 is 2.54 bits per heavy atom. The van der Waals surface area contributed by atoms with Crippen molar-refractivity contribution in [2.75, 3.05) is 25.1 Å². The fourth-order valence-corrected chi connectivity index (χ4v) is 3.28. The fourth-order valence-electron chi connectivity index (χ4n) is 3.28. The van der Waals surface area contributed by atoms with Crippen molar-refractivity contribution in [3.63, 3.8) is 0 Å². The van der Waals surface area contributed by atoms with Gasteiger partial charge in [0, 0.05) is 19.3 Å². The minimum absolute atomic E-state index is 0.124. The zero-order valence-corrected chi connectivity index (χ0v) is 15.0. The van der Waals surface area contributed by atoms with Gasteiger partial charge in [0.15, 0.2) is 0 Å². The van der Waals surface area contributed by atoms with Crippen LogP contribution in [0.25, 0.3) is 0 Å². The summed E-state index contributed by atoms with van der Waals surface area (Å²) in [5.41, 5.74) is 1.39. The number of aromatic nitrogens is 1. The normalized spacial score (nSPS) is 16.1. The molecule has 5 nitrogen and oxygen atoms in total. The number of carbonyl (C=O) groups is 1. The molecule has 6 heteroatoms. The van der Waals surface area contributed by atoms with Gasteiger partial charge in [-0.2, -0.15) is 0 Å². The van der Waals surface area contributed by atoms with E-state index in [4.69, 9.17) is 9.47 Å². The molecule has 1 amide bonds. The molecule has 26 heavy (non-hydrogen) atoms. The smallest absolute Gasteiger partial charge is 0.235 e. The van der Waals surface area contributed by atoms with Crippen molar-refractivity contribution < 1.29 is 18.7 Å². The number of ether oxygens (including phenoxy) is 2. The molecule has 0 unspecified atom stereocenters. The Morgan fingerprint density at radius 1 is 1.23 bits per heavy atom. The van der Waals surface area contributed by atoms with Gasteiger partial charge in [-0.25, -0.2) is 9.37 Å². The van der Waals surface area contributed by atoms with Crippen LogP contribution in [0.2, 0.25) is 0 Å². The summed E-state index contributed by atoms with van der Waals surface area (Å²) in [6.45, 7) is 5.24. The highest BCUT2D eigenvalue weighted by atomic mass is 19.1. The van der Waals surface area contributed by atoms with Crippen LogP contribution in [0.3, 0.4) is 0 Å². The fraction of sp³-hybridized carbons (Fsp3) is 0.400. The highest BCUT2D eigenvalue weighted by molar-refractivity contribution is 5.99. The minimum Gasteiger partial charge on any atom is -0.478 e. The Bertz CT molecular complexity index is 771. The standard InChI is InChI=1S/C20H23FN2O3/c1-3-26-18-9-8-17(14(2)22-18)23-19(24)20(10-12-25-13-11-20)15-4-6-16(21)7-5-15/h4-9H,3,10-13H2,1-2H3,(H,23,24). The van der Waals surface area contributed by atoms with Crippen LogP contribution in [0.4, 0.5) is 10.1 Å². The van der Waals surface area contributed by atoms with E-state index >= 15 is 0 Å². The number of benzene rings is 1. The second-order valence-electron chi connectivity index (χ2n) is 6.37. The van der Waals surface area contributed by atoms with Crippen LogP contribution < -0.4 is 10.1 Å². The van der Waals surface area contributed by atoms with E-state index < -0.39 is 5.41 Å². The molecule has 1 aromatic carbocycles. The van der Waals surface area contributed by atoms with Crippen LogP contribution >= 0.6 is 0 Å². The third kappa shape index (κ3) is 3.70. The van der Waals surface area contributed by atoms with Crippen LogP contribution in [0.15, 0.2) is 36.4 Å². The zero-order chi connectivity index (χ0) is 18.6. The number of carbonyl (C=O) groups excluding carboxylic acids is 1. The molecule has 1 aliphatic heterocycles. The minimum atomic E-state index is -0.739. The molecule has 1 saturated heterocycles. The summed E-state index contributed by atoms with van der Waals surface area (Å²) in [7, 11) is 0. The lowest BCUT2D eigenvalue weighted by Gasteiger charge is -2.36. The number of nitrogens with one attached hydrogen (secondary N) is 1. The van der Waals surface area contributed by atoms with E-state index in [-0.39, 0.29) is 11.7 Å². The van der Waals surface area contributed by atoms with Crippen molar-refractivity contribution in [1.82, 2.24) is 4.98 Å². The summed E-state index contributed by atoms with van der Waals surface area (Å²) in [4.78, 5) is 17.6. The van der Waals surface area contributed by atoms with Crippen molar-refractivity contribution in [1.29, 1.82) is 0 Å². The summed E-state index contributed by atoms with van der Waals surface area (Å²) >= 11 is 0. The number of hydrogen-bond acceptors (Lipinski definition) is 4. The van der Waals surface area contributed by atoms with Gasteiger partial charge >= 0.3 is 0 Å². The molecule has 1 N–H and O–H groups in total. The second kappa shape index (κ2) is 7.83. The van der Waals surface area contributed by atoms with Gasteiger partial charge < -0.3 is 14.8 Å². The van der Waals surface area contributed by atoms with E-state index in [9.17, 15) is 9.18 Å². The van der Waals surface area contributed by atoms with Crippen LogP contribution in [-0.2, 0) is 14.9 Å². The summed E-state index contributed by atoms with van der Waals surface area (Å²) in [5.74, 6) is 0.0895. The third-order valence-corrected chi connectivity index (χ3v) is 4.78. The van der Waals surface area contributed by atoms with Gasteiger partial charge in [-0.05, 0) is 50.5 Å². The molecule has 1 aromatic heterocycles. The Balaban J connectivity index is 1.88. The van der Waals surface area contributed by atoms with Crippen molar-refractivity contribution >= 4 is 11.6 Å². The molecule has 138 valence electrons. The quantitative estimate of drug-likeness (QED) is 0.887. The first-order chi connectivity index (χ1) is 12.5. The van der Waals surface area contributed by atoms with Crippen molar-refractivity contribution in [3.05, 3.63) is 53.5 Å². The monoisotopic (exact) mass is 358 g/mol. The van der Waals surface area contributed by atoms with Crippen molar-refractivity contribution in [3.8, 4) is 5.88 Å². The average Bonchev–Trinajstić information content (AvgIpc) is 2.65. The summed E-state index contributed by atoms with van der Waals surface area (Å²) < 4.78 is 24.2. The first-order valence-corrected chi connectivity index (χ1v) is 8.81. The van der Waals surface area contributed by atoms with E-state index in [1.807, 2.05) is 13.8 Å². The second-order valence-corrected chi connectivity index (χ2v) is 6.37. The van der Waals surface area contributed by atoms with E-state index in [0.29, 0.717) is 49.9 Å². The number of nitrogens with zero attached hydrogens (tertiary/aromatic N) is 1. The number of hydrogen-bond donors (Lipinski definition) is 1. The number of pyridine rings is 1. The van der Waals surface area contributed by atoms with Gasteiger partial charge in [0.1, 0.15) is 5.82 Å². The number of halogens is 1. The van der Waals surface area contributed by atoms with Crippen LogP contribution in [0, 0.1) is 12.7 Å². The molecule has 0 saturated carbocycles. The van der Waals surface area contributed by atoms with E-state index in [1.54, 1.807) is 24.3 Å². The molecule has 1 aliphatic rings. The number of amides is 1. The molecule has 0 aliphatic carbocycles. The van der Waals surface area contributed by atoms with Crippen LogP contribution in [0.5, 0.6) is 5.88 Å². The first-order valence-electron chi connectivity index (χ1n) is 8.81. The lowest BCUT2D eigenvalue weighted by Crippen LogP contribution is -2.45. The number of aryl methyl sites for hydroxylation is 1. The average molecular weight is 358 g/mol. The van der Waals surface area contributed by atoms with E-state index in [2.05, 4.69) is 10.3 Å². The Labute approximate surface area is 152 Å². The molecule has 3 rings (SSSR count). The van der Waals surface area contributed by atoms with Crippen molar-refractivity contribution in [2.24, 2.45) is 0 Å². The Morgan fingerprint density at radius 2 is 1.92 bits per heavy atom. The molecule has 0 radical (unpaired) electrons. The largest absolute Gasteiger partial charge is 0.478 e. The van der Waals surface area contributed by atoms with Crippen LogP contribution in [0.1, 0.15) is 31.0 Å². The van der Waals surface area contributed by atoms with E-state index in [1.165, 1.54) is 12.1 Å².